The van der Waals surface area contributed by atoms with E-state index in [4.69, 9.17) is 5.26 Å². The third-order valence-corrected chi connectivity index (χ3v) is 4.85. The Bertz CT molecular complexity index is 571. The van der Waals surface area contributed by atoms with Gasteiger partial charge in [0.1, 0.15) is 16.7 Å². The highest BCUT2D eigenvalue weighted by Gasteiger charge is 2.17. The van der Waals surface area contributed by atoms with Crippen molar-refractivity contribution in [3.63, 3.8) is 0 Å². The zero-order valence-electron chi connectivity index (χ0n) is 11.2. The lowest BCUT2D eigenvalue weighted by atomic mass is 9.96. The van der Waals surface area contributed by atoms with E-state index in [0.717, 1.165) is 32.4 Å². The second-order valence-corrected chi connectivity index (χ2v) is 6.66. The molecular formula is C13H18N4O2S. The summed E-state index contributed by atoms with van der Waals surface area (Å²) in [6.07, 6.45) is 4.34. The first-order chi connectivity index (χ1) is 9.62. The smallest absolute Gasteiger partial charge is 0.242 e. The summed E-state index contributed by atoms with van der Waals surface area (Å²) in [6.45, 7) is 2.44. The number of pyridine rings is 1. The highest BCUT2D eigenvalue weighted by molar-refractivity contribution is 7.89. The zero-order chi connectivity index (χ0) is 14.4. The maximum absolute atomic E-state index is 12.0. The number of piperidine rings is 1. The van der Waals surface area contributed by atoms with Crippen molar-refractivity contribution < 1.29 is 8.42 Å². The number of nitrogens with one attached hydrogen (secondary N) is 2. The molecule has 0 aromatic carbocycles. The summed E-state index contributed by atoms with van der Waals surface area (Å²) in [4.78, 5) is 3.87. The molecule has 108 valence electrons. The van der Waals surface area contributed by atoms with Crippen molar-refractivity contribution in [2.24, 2.45) is 5.92 Å². The molecule has 1 fully saturated rings. The lowest BCUT2D eigenvalue weighted by molar-refractivity contribution is 0.358. The maximum Gasteiger partial charge on any atom is 0.242 e. The molecule has 1 aromatic rings. The minimum absolute atomic E-state index is 0.0956. The van der Waals surface area contributed by atoms with Crippen molar-refractivity contribution in [3.05, 3.63) is 24.0 Å². The van der Waals surface area contributed by atoms with Crippen molar-refractivity contribution >= 4 is 10.0 Å². The van der Waals surface area contributed by atoms with Gasteiger partial charge in [0.15, 0.2) is 0 Å². The molecule has 2 N–H and O–H groups in total. The Balaban J connectivity index is 1.88. The van der Waals surface area contributed by atoms with Gasteiger partial charge in [0.05, 0.1) is 0 Å². The quantitative estimate of drug-likeness (QED) is 0.830. The van der Waals surface area contributed by atoms with Crippen LogP contribution >= 0.6 is 0 Å². The fourth-order valence-electron chi connectivity index (χ4n) is 2.26. The van der Waals surface area contributed by atoms with E-state index in [2.05, 4.69) is 15.0 Å². The standard InChI is InChI=1S/C13H18N4O2S/c14-8-12-3-4-13(10-16-12)20(18,19)17-7-5-11-2-1-6-15-9-11/h3-4,10-11,15,17H,1-2,5-7,9H2. The van der Waals surface area contributed by atoms with E-state index >= 15 is 0 Å². The Hall–Kier alpha value is -1.49. The maximum atomic E-state index is 12.0. The normalized spacial score (nSPS) is 19.4. The van der Waals surface area contributed by atoms with Crippen molar-refractivity contribution in [1.29, 1.82) is 5.26 Å². The molecule has 0 aliphatic carbocycles. The Morgan fingerprint density at radius 1 is 1.50 bits per heavy atom. The van der Waals surface area contributed by atoms with Crippen LogP contribution in [0.5, 0.6) is 0 Å². The van der Waals surface area contributed by atoms with E-state index in [0.29, 0.717) is 12.5 Å². The second-order valence-electron chi connectivity index (χ2n) is 4.89. The highest BCUT2D eigenvalue weighted by atomic mass is 32.2. The number of aromatic nitrogens is 1. The first kappa shape index (κ1) is 14.9. The van der Waals surface area contributed by atoms with Gasteiger partial charge in [-0.2, -0.15) is 5.26 Å². The number of sulfonamides is 1. The fourth-order valence-corrected chi connectivity index (χ4v) is 3.25. The molecule has 1 aromatic heterocycles. The largest absolute Gasteiger partial charge is 0.316 e. The third kappa shape index (κ3) is 4.00. The molecule has 2 rings (SSSR count). The lowest BCUT2D eigenvalue weighted by Gasteiger charge is -2.22. The minimum atomic E-state index is -3.53. The summed E-state index contributed by atoms with van der Waals surface area (Å²) < 4.78 is 26.6. The van der Waals surface area contributed by atoms with Crippen LogP contribution in [0.4, 0.5) is 0 Å². The third-order valence-electron chi connectivity index (χ3n) is 3.40. The molecule has 1 atom stereocenters. The Morgan fingerprint density at radius 2 is 2.35 bits per heavy atom. The van der Waals surface area contributed by atoms with Gasteiger partial charge in [0.2, 0.25) is 10.0 Å². The SMILES string of the molecule is N#Cc1ccc(S(=O)(=O)NCCC2CCCNC2)cn1. The number of rotatable bonds is 5. The summed E-state index contributed by atoms with van der Waals surface area (Å²) in [5.74, 6) is 0.533. The van der Waals surface area contributed by atoms with Crippen LogP contribution in [0.3, 0.4) is 0 Å². The molecule has 1 unspecified atom stereocenters. The average molecular weight is 294 g/mol. The molecule has 1 aliphatic heterocycles. The van der Waals surface area contributed by atoms with Gasteiger partial charge in [0, 0.05) is 12.7 Å². The molecule has 20 heavy (non-hydrogen) atoms. The van der Waals surface area contributed by atoms with Crippen LogP contribution in [0, 0.1) is 17.2 Å². The van der Waals surface area contributed by atoms with Gasteiger partial charge in [0.25, 0.3) is 0 Å². The summed E-state index contributed by atoms with van der Waals surface area (Å²) >= 11 is 0. The van der Waals surface area contributed by atoms with Gasteiger partial charge in [-0.3, -0.25) is 0 Å². The summed E-state index contributed by atoms with van der Waals surface area (Å²) in [5, 5.41) is 11.9. The van der Waals surface area contributed by atoms with Crippen molar-refractivity contribution in [2.45, 2.75) is 24.2 Å². The van der Waals surface area contributed by atoms with Gasteiger partial charge < -0.3 is 5.32 Å². The van der Waals surface area contributed by atoms with Crippen molar-refractivity contribution in [3.8, 4) is 6.07 Å². The Morgan fingerprint density at radius 3 is 2.95 bits per heavy atom. The van der Waals surface area contributed by atoms with Crippen LogP contribution < -0.4 is 10.0 Å². The molecule has 7 heteroatoms. The van der Waals surface area contributed by atoms with Gasteiger partial charge in [-0.25, -0.2) is 18.1 Å². The fraction of sp³-hybridized carbons (Fsp3) is 0.538. The summed E-state index contributed by atoms with van der Waals surface area (Å²) in [5.41, 5.74) is 0.206. The van der Waals surface area contributed by atoms with E-state index in [-0.39, 0.29) is 10.6 Å². The highest BCUT2D eigenvalue weighted by Crippen LogP contribution is 2.14. The lowest BCUT2D eigenvalue weighted by Crippen LogP contribution is -2.33. The second kappa shape index (κ2) is 6.79. The molecular weight excluding hydrogens is 276 g/mol. The minimum Gasteiger partial charge on any atom is -0.316 e. The van der Waals surface area contributed by atoms with Crippen LogP contribution in [0.1, 0.15) is 25.0 Å². The average Bonchev–Trinajstić information content (AvgIpc) is 2.48. The first-order valence-electron chi connectivity index (χ1n) is 6.68. The van der Waals surface area contributed by atoms with Gasteiger partial charge in [-0.05, 0) is 50.4 Å². The molecule has 2 heterocycles. The number of nitrogens with zero attached hydrogens (tertiary/aromatic N) is 2. The van der Waals surface area contributed by atoms with Crippen LogP contribution in [-0.2, 0) is 10.0 Å². The summed E-state index contributed by atoms with van der Waals surface area (Å²) in [7, 11) is -3.53. The number of nitriles is 1. The molecule has 1 saturated heterocycles. The van der Waals surface area contributed by atoms with Crippen LogP contribution in [-0.4, -0.2) is 33.0 Å². The van der Waals surface area contributed by atoms with E-state index in [1.54, 1.807) is 0 Å². The predicted molar refractivity (Wildman–Crippen MR) is 74.4 cm³/mol. The first-order valence-corrected chi connectivity index (χ1v) is 8.16. The number of hydrogen-bond acceptors (Lipinski definition) is 5. The van der Waals surface area contributed by atoms with E-state index in [1.165, 1.54) is 18.3 Å². The van der Waals surface area contributed by atoms with Crippen LogP contribution in [0.25, 0.3) is 0 Å². The molecule has 0 bridgehead atoms. The topological polar surface area (TPSA) is 94.9 Å². The van der Waals surface area contributed by atoms with Crippen molar-refractivity contribution in [1.82, 2.24) is 15.0 Å². The predicted octanol–water partition coefficient (Wildman–Crippen LogP) is 0.621. The van der Waals surface area contributed by atoms with E-state index in [1.807, 2.05) is 6.07 Å². The summed E-state index contributed by atoms with van der Waals surface area (Å²) in [6, 6.07) is 4.66. The molecule has 1 aliphatic rings. The van der Waals surface area contributed by atoms with E-state index in [9.17, 15) is 8.42 Å². The molecule has 0 radical (unpaired) electrons. The molecule has 0 amide bonds. The van der Waals surface area contributed by atoms with E-state index < -0.39 is 10.0 Å². The zero-order valence-corrected chi connectivity index (χ0v) is 12.0. The molecule has 0 spiro atoms. The van der Waals surface area contributed by atoms with Gasteiger partial charge in [-0.15, -0.1) is 0 Å². The van der Waals surface area contributed by atoms with Gasteiger partial charge >= 0.3 is 0 Å². The Labute approximate surface area is 119 Å². The molecule has 0 saturated carbocycles. The van der Waals surface area contributed by atoms with Gasteiger partial charge in [-0.1, -0.05) is 0 Å². The van der Waals surface area contributed by atoms with Crippen molar-refractivity contribution in [2.75, 3.05) is 19.6 Å². The Kier molecular flexibility index (Phi) is 5.06. The molecule has 6 nitrogen and oxygen atoms in total. The van der Waals surface area contributed by atoms with Crippen LogP contribution in [0.2, 0.25) is 0 Å². The van der Waals surface area contributed by atoms with Crippen LogP contribution in [0.15, 0.2) is 23.2 Å². The number of hydrogen-bond donors (Lipinski definition) is 2. The monoisotopic (exact) mass is 294 g/mol.